The molecule has 2 heterocycles. The van der Waals surface area contributed by atoms with Crippen LogP contribution >= 0.6 is 46.0 Å². The van der Waals surface area contributed by atoms with E-state index in [4.69, 9.17) is 21.1 Å². The molecule has 2 aliphatic rings. The number of hydrogen-bond acceptors (Lipinski definition) is 6. The Labute approximate surface area is 233 Å². The van der Waals surface area contributed by atoms with Crippen LogP contribution in [0.3, 0.4) is 0 Å². The third kappa shape index (κ3) is 6.54. The van der Waals surface area contributed by atoms with Crippen LogP contribution < -0.4 is 9.47 Å². The number of halogens is 2. The molecule has 0 radical (unpaired) electrons. The summed E-state index contributed by atoms with van der Waals surface area (Å²) in [5.41, 5.74) is 1.67. The highest BCUT2D eigenvalue weighted by molar-refractivity contribution is 14.1. The van der Waals surface area contributed by atoms with E-state index in [0.717, 1.165) is 45.1 Å². The van der Waals surface area contributed by atoms with E-state index in [1.165, 1.54) is 0 Å². The van der Waals surface area contributed by atoms with Crippen molar-refractivity contribution < 1.29 is 23.9 Å². The summed E-state index contributed by atoms with van der Waals surface area (Å²) in [6, 6.07) is 11.1. The van der Waals surface area contributed by atoms with Gasteiger partial charge in [-0.15, -0.1) is 0 Å². The fraction of sp³-hybridized carbons (Fsp3) is 0.346. The molecular weight excluding hydrogens is 615 g/mol. The number of nitrogens with zero attached hydrogens (tertiary/aromatic N) is 2. The van der Waals surface area contributed by atoms with Gasteiger partial charge in [0.15, 0.2) is 11.5 Å². The van der Waals surface area contributed by atoms with E-state index >= 15 is 0 Å². The highest BCUT2D eigenvalue weighted by Crippen LogP contribution is 2.38. The quantitative estimate of drug-likeness (QED) is 0.262. The van der Waals surface area contributed by atoms with Gasteiger partial charge < -0.3 is 14.4 Å². The molecule has 0 atom stereocenters. The smallest absolute Gasteiger partial charge is 0.294 e. The van der Waals surface area contributed by atoms with Crippen molar-refractivity contribution in [2.75, 3.05) is 26.2 Å². The number of benzene rings is 2. The molecule has 2 aliphatic heterocycles. The molecular formula is C26H26ClIN2O5S. The van der Waals surface area contributed by atoms with Gasteiger partial charge in [0.2, 0.25) is 5.91 Å². The fourth-order valence-corrected chi connectivity index (χ4v) is 5.72. The summed E-state index contributed by atoms with van der Waals surface area (Å²) in [7, 11) is 0. The van der Waals surface area contributed by atoms with Crippen molar-refractivity contribution in [3.8, 4) is 11.5 Å². The molecule has 2 aromatic rings. The summed E-state index contributed by atoms with van der Waals surface area (Å²) in [5.74, 6) is 0.508. The van der Waals surface area contributed by atoms with Gasteiger partial charge in [0.25, 0.3) is 11.1 Å². The number of piperidine rings is 1. The predicted octanol–water partition coefficient (Wildman–Crippen LogP) is 5.97. The molecule has 0 aliphatic carbocycles. The molecule has 0 aromatic heterocycles. The van der Waals surface area contributed by atoms with Crippen LogP contribution in [0.4, 0.5) is 4.79 Å². The Morgan fingerprint density at radius 1 is 1.11 bits per heavy atom. The molecule has 0 bridgehead atoms. The van der Waals surface area contributed by atoms with Crippen molar-refractivity contribution in [1.29, 1.82) is 0 Å². The van der Waals surface area contributed by atoms with Gasteiger partial charge in [0.1, 0.15) is 13.2 Å². The zero-order valence-electron chi connectivity index (χ0n) is 19.8. The van der Waals surface area contributed by atoms with Gasteiger partial charge in [0.05, 0.1) is 15.1 Å². The molecule has 0 spiro atoms. The molecule has 10 heteroatoms. The standard InChI is InChI=1S/C26H26ClIN2O5S/c1-2-34-21-13-18(12-20(28)24(21)35-16-17-6-8-19(27)9-7-17)14-22-25(32)30(26(33)36-22)15-23(31)29-10-4-3-5-11-29/h6-9,12-14H,2-5,10-11,15-16H2,1H3/b22-14+. The Morgan fingerprint density at radius 2 is 1.83 bits per heavy atom. The van der Waals surface area contributed by atoms with Crippen LogP contribution in [0.5, 0.6) is 11.5 Å². The van der Waals surface area contributed by atoms with E-state index in [0.29, 0.717) is 48.4 Å². The first-order valence-corrected chi connectivity index (χ1v) is 14.0. The van der Waals surface area contributed by atoms with Gasteiger partial charge in [-0.2, -0.15) is 0 Å². The molecule has 2 aromatic carbocycles. The van der Waals surface area contributed by atoms with Crippen LogP contribution in [0.2, 0.25) is 5.02 Å². The normalized spacial score (nSPS) is 17.1. The first kappa shape index (κ1) is 26.8. The Bertz CT molecular complexity index is 1180. The van der Waals surface area contributed by atoms with Gasteiger partial charge >= 0.3 is 0 Å². The van der Waals surface area contributed by atoms with Crippen molar-refractivity contribution in [3.05, 3.63) is 61.0 Å². The van der Waals surface area contributed by atoms with Crippen molar-refractivity contribution in [2.24, 2.45) is 0 Å². The molecule has 7 nitrogen and oxygen atoms in total. The molecule has 0 N–H and O–H groups in total. The molecule has 0 unspecified atom stereocenters. The number of imide groups is 1. The lowest BCUT2D eigenvalue weighted by Gasteiger charge is -2.27. The van der Waals surface area contributed by atoms with E-state index in [9.17, 15) is 14.4 Å². The number of thioether (sulfide) groups is 1. The van der Waals surface area contributed by atoms with Gasteiger partial charge in [-0.25, -0.2) is 0 Å². The van der Waals surface area contributed by atoms with Crippen molar-refractivity contribution in [3.63, 3.8) is 0 Å². The van der Waals surface area contributed by atoms with Crippen LogP contribution in [0.15, 0.2) is 41.3 Å². The molecule has 2 fully saturated rings. The molecule has 4 rings (SSSR count). The van der Waals surface area contributed by atoms with Gasteiger partial charge in [-0.3, -0.25) is 19.3 Å². The summed E-state index contributed by atoms with van der Waals surface area (Å²) in [5, 5.41) is 0.229. The van der Waals surface area contributed by atoms with Crippen LogP contribution in [0.1, 0.15) is 37.3 Å². The summed E-state index contributed by atoms with van der Waals surface area (Å²) >= 11 is 8.97. The number of ether oxygens (including phenoxy) is 2. The monoisotopic (exact) mass is 640 g/mol. The Morgan fingerprint density at radius 3 is 2.53 bits per heavy atom. The summed E-state index contributed by atoms with van der Waals surface area (Å²) < 4.78 is 12.7. The molecule has 36 heavy (non-hydrogen) atoms. The predicted molar refractivity (Wildman–Crippen MR) is 149 cm³/mol. The third-order valence-corrected chi connectivity index (χ3v) is 7.76. The minimum atomic E-state index is -0.452. The lowest BCUT2D eigenvalue weighted by molar-refractivity contribution is -0.136. The largest absolute Gasteiger partial charge is 0.490 e. The minimum Gasteiger partial charge on any atom is -0.490 e. The number of amides is 3. The topological polar surface area (TPSA) is 76.2 Å². The van der Waals surface area contributed by atoms with Crippen LogP contribution in [0.25, 0.3) is 6.08 Å². The van der Waals surface area contributed by atoms with Crippen molar-refractivity contribution in [2.45, 2.75) is 32.8 Å². The molecule has 3 amide bonds. The first-order chi connectivity index (χ1) is 17.4. The van der Waals surface area contributed by atoms with E-state index < -0.39 is 11.1 Å². The minimum absolute atomic E-state index is 0.186. The zero-order chi connectivity index (χ0) is 25.7. The van der Waals surface area contributed by atoms with Crippen LogP contribution in [-0.2, 0) is 16.2 Å². The summed E-state index contributed by atoms with van der Waals surface area (Å²) in [4.78, 5) is 41.1. The second kappa shape index (κ2) is 12.3. The average molecular weight is 641 g/mol. The summed E-state index contributed by atoms with van der Waals surface area (Å²) in [6.45, 7) is 3.79. The van der Waals surface area contributed by atoms with Crippen LogP contribution in [0, 0.1) is 3.57 Å². The second-order valence-corrected chi connectivity index (χ2v) is 11.0. The van der Waals surface area contributed by atoms with Crippen LogP contribution in [-0.4, -0.2) is 53.1 Å². The van der Waals surface area contributed by atoms with Gasteiger partial charge in [-0.05, 0) is 102 Å². The third-order valence-electron chi connectivity index (χ3n) is 5.80. The fourth-order valence-electron chi connectivity index (χ4n) is 3.98. The number of likely N-dealkylation sites (tertiary alicyclic amines) is 1. The number of rotatable bonds is 8. The molecule has 0 saturated carbocycles. The van der Waals surface area contributed by atoms with Crippen molar-refractivity contribution >= 4 is 69.1 Å². The lowest BCUT2D eigenvalue weighted by atomic mass is 10.1. The maximum Gasteiger partial charge on any atom is 0.294 e. The maximum atomic E-state index is 13.0. The second-order valence-electron chi connectivity index (χ2n) is 8.39. The first-order valence-electron chi connectivity index (χ1n) is 11.7. The Balaban J connectivity index is 1.50. The van der Waals surface area contributed by atoms with Gasteiger partial charge in [-0.1, -0.05) is 23.7 Å². The molecule has 2 saturated heterocycles. The maximum absolute atomic E-state index is 13.0. The number of carbonyl (C=O) groups excluding carboxylic acids is 3. The van der Waals surface area contributed by atoms with E-state index in [1.54, 1.807) is 17.0 Å². The van der Waals surface area contributed by atoms with Crippen molar-refractivity contribution in [1.82, 2.24) is 9.80 Å². The Kier molecular flexibility index (Phi) is 9.19. The molecule has 190 valence electrons. The number of hydrogen-bond donors (Lipinski definition) is 0. The lowest BCUT2D eigenvalue weighted by Crippen LogP contribution is -2.44. The number of carbonyl (C=O) groups is 3. The SMILES string of the molecule is CCOc1cc(/C=C2/SC(=O)N(CC(=O)N3CCCCC3)C2=O)cc(I)c1OCc1ccc(Cl)cc1. The van der Waals surface area contributed by atoms with E-state index in [2.05, 4.69) is 22.6 Å². The van der Waals surface area contributed by atoms with E-state index in [1.807, 2.05) is 37.3 Å². The van der Waals surface area contributed by atoms with Gasteiger partial charge in [0, 0.05) is 18.1 Å². The zero-order valence-corrected chi connectivity index (χ0v) is 23.5. The average Bonchev–Trinajstić information content (AvgIpc) is 3.12. The van der Waals surface area contributed by atoms with E-state index in [-0.39, 0.29) is 17.4 Å². The summed E-state index contributed by atoms with van der Waals surface area (Å²) in [6.07, 6.45) is 4.66. The highest BCUT2D eigenvalue weighted by atomic mass is 127. The Hall–Kier alpha value is -2.24. The highest BCUT2D eigenvalue weighted by Gasteiger charge is 2.37.